The minimum atomic E-state index is -3.52. The Kier molecular flexibility index (Phi) is 4.40. The fraction of sp³-hybridized carbons (Fsp3) is 0.312. The summed E-state index contributed by atoms with van der Waals surface area (Å²) in [5.74, 6) is 0. The molecule has 116 valence electrons. The van der Waals surface area contributed by atoms with Crippen molar-refractivity contribution in [3.05, 3.63) is 42.1 Å². The van der Waals surface area contributed by atoms with Gasteiger partial charge in [0.1, 0.15) is 0 Å². The lowest BCUT2D eigenvalue weighted by Gasteiger charge is -2.20. The molecular formula is C16H19N3O2S. The molecule has 0 atom stereocenters. The summed E-state index contributed by atoms with van der Waals surface area (Å²) < 4.78 is 27.1. The van der Waals surface area contributed by atoms with Gasteiger partial charge in [0.15, 0.2) is 0 Å². The van der Waals surface area contributed by atoms with Crippen molar-refractivity contribution in [3.63, 3.8) is 0 Å². The second-order valence-corrected chi connectivity index (χ2v) is 7.79. The fourth-order valence-electron chi connectivity index (χ4n) is 2.07. The first-order valence-electron chi connectivity index (χ1n) is 6.90. The summed E-state index contributed by atoms with van der Waals surface area (Å²) in [5, 5.41) is 8.67. The van der Waals surface area contributed by atoms with Crippen LogP contribution in [0.3, 0.4) is 0 Å². The van der Waals surface area contributed by atoms with Crippen LogP contribution in [0, 0.1) is 11.3 Å². The number of nitriles is 1. The molecule has 6 heteroatoms. The lowest BCUT2D eigenvalue weighted by Crippen LogP contribution is -2.40. The van der Waals surface area contributed by atoms with Crippen LogP contribution in [0.5, 0.6) is 0 Å². The summed E-state index contributed by atoms with van der Waals surface area (Å²) in [6.07, 6.45) is 0.321. The predicted molar refractivity (Wildman–Crippen MR) is 85.6 cm³/mol. The fourth-order valence-corrected chi connectivity index (χ4v) is 3.49. The van der Waals surface area contributed by atoms with Gasteiger partial charge in [0.25, 0.3) is 0 Å². The van der Waals surface area contributed by atoms with Crippen LogP contribution in [0.25, 0.3) is 11.3 Å². The number of benzene rings is 1. The SMILES string of the molecule is CC(C)(C)NS(=O)(=O)c1ccc(-c2ccc(CC#N)[nH]2)cc1. The molecule has 0 aliphatic rings. The lowest BCUT2D eigenvalue weighted by atomic mass is 10.1. The van der Waals surface area contributed by atoms with Crippen LogP contribution in [0.2, 0.25) is 0 Å². The van der Waals surface area contributed by atoms with Crippen molar-refractivity contribution < 1.29 is 8.42 Å². The standard InChI is InChI=1S/C16H19N3O2S/c1-16(2,3)19-22(20,21)14-7-4-12(5-8-14)15-9-6-13(18-15)10-11-17/h4-9,18-19H,10H2,1-3H3. The van der Waals surface area contributed by atoms with Gasteiger partial charge in [0.05, 0.1) is 17.4 Å². The molecule has 1 heterocycles. The van der Waals surface area contributed by atoms with Crippen LogP contribution < -0.4 is 4.72 Å². The summed E-state index contributed by atoms with van der Waals surface area (Å²) in [4.78, 5) is 3.37. The zero-order valence-corrected chi connectivity index (χ0v) is 13.7. The van der Waals surface area contributed by atoms with Crippen molar-refractivity contribution in [1.29, 1.82) is 5.26 Å². The molecule has 0 saturated carbocycles. The smallest absolute Gasteiger partial charge is 0.241 e. The third-order valence-electron chi connectivity index (χ3n) is 2.93. The summed E-state index contributed by atoms with van der Waals surface area (Å²) in [6, 6.07) is 12.5. The highest BCUT2D eigenvalue weighted by molar-refractivity contribution is 7.89. The van der Waals surface area contributed by atoms with Crippen molar-refractivity contribution in [2.75, 3.05) is 0 Å². The molecule has 0 fully saturated rings. The van der Waals surface area contributed by atoms with Crippen molar-refractivity contribution in [2.45, 2.75) is 37.6 Å². The van der Waals surface area contributed by atoms with Crippen LogP contribution in [0.15, 0.2) is 41.3 Å². The second-order valence-electron chi connectivity index (χ2n) is 6.11. The highest BCUT2D eigenvalue weighted by Crippen LogP contribution is 2.21. The normalized spacial score (nSPS) is 12.1. The van der Waals surface area contributed by atoms with Crippen LogP contribution in [0.4, 0.5) is 0 Å². The lowest BCUT2D eigenvalue weighted by molar-refractivity contribution is 0.491. The molecule has 5 nitrogen and oxygen atoms in total. The first-order valence-corrected chi connectivity index (χ1v) is 8.39. The monoisotopic (exact) mass is 317 g/mol. The molecular weight excluding hydrogens is 298 g/mol. The molecule has 0 spiro atoms. The van der Waals surface area contributed by atoms with E-state index >= 15 is 0 Å². The molecule has 0 bridgehead atoms. The van der Waals surface area contributed by atoms with E-state index in [-0.39, 0.29) is 4.90 Å². The maximum absolute atomic E-state index is 12.2. The molecule has 0 unspecified atom stereocenters. The van der Waals surface area contributed by atoms with Gasteiger partial charge in [0, 0.05) is 16.9 Å². The molecule has 0 aliphatic heterocycles. The van der Waals surface area contributed by atoms with E-state index in [1.807, 2.05) is 12.1 Å². The molecule has 0 radical (unpaired) electrons. The Labute approximate surface area is 131 Å². The second kappa shape index (κ2) is 5.95. The van der Waals surface area contributed by atoms with E-state index in [0.29, 0.717) is 6.42 Å². The topological polar surface area (TPSA) is 85.8 Å². The summed E-state index contributed by atoms with van der Waals surface area (Å²) >= 11 is 0. The highest BCUT2D eigenvalue weighted by Gasteiger charge is 2.21. The first kappa shape index (κ1) is 16.3. The molecule has 1 aromatic heterocycles. The van der Waals surface area contributed by atoms with Gasteiger partial charge in [-0.15, -0.1) is 0 Å². The van der Waals surface area contributed by atoms with Gasteiger partial charge in [-0.1, -0.05) is 12.1 Å². The largest absolute Gasteiger partial charge is 0.358 e. The van der Waals surface area contributed by atoms with Gasteiger partial charge >= 0.3 is 0 Å². The van der Waals surface area contributed by atoms with Gasteiger partial charge in [-0.3, -0.25) is 0 Å². The Balaban J connectivity index is 2.25. The molecule has 1 aromatic carbocycles. The van der Waals surface area contributed by atoms with Crippen molar-refractivity contribution >= 4 is 10.0 Å². The summed E-state index contributed by atoms with van der Waals surface area (Å²) in [5.41, 5.74) is 2.05. The van der Waals surface area contributed by atoms with Crippen molar-refractivity contribution in [2.24, 2.45) is 0 Å². The van der Waals surface area contributed by atoms with Gasteiger partial charge in [-0.05, 0) is 50.6 Å². The number of nitrogens with zero attached hydrogens (tertiary/aromatic N) is 1. The van der Waals surface area contributed by atoms with Gasteiger partial charge in [-0.2, -0.15) is 5.26 Å². The molecule has 2 aromatic rings. The predicted octanol–water partition coefficient (Wildman–Crippen LogP) is 2.82. The Bertz CT molecular complexity index is 791. The van der Waals surface area contributed by atoms with E-state index in [2.05, 4.69) is 15.8 Å². The average Bonchev–Trinajstić information content (AvgIpc) is 2.85. The molecule has 0 amide bonds. The number of aromatic amines is 1. The van der Waals surface area contributed by atoms with Gasteiger partial charge < -0.3 is 4.98 Å². The Morgan fingerprint density at radius 3 is 2.32 bits per heavy atom. The van der Waals surface area contributed by atoms with Crippen LogP contribution in [-0.4, -0.2) is 18.9 Å². The Hall–Kier alpha value is -2.10. The zero-order valence-electron chi connectivity index (χ0n) is 12.8. The summed E-state index contributed by atoms with van der Waals surface area (Å²) in [6.45, 7) is 5.40. The maximum Gasteiger partial charge on any atom is 0.241 e. The van der Waals surface area contributed by atoms with E-state index in [9.17, 15) is 8.42 Å². The molecule has 0 saturated heterocycles. The van der Waals surface area contributed by atoms with Crippen LogP contribution in [-0.2, 0) is 16.4 Å². The molecule has 0 aliphatic carbocycles. The summed E-state index contributed by atoms with van der Waals surface area (Å²) in [7, 11) is -3.52. The van der Waals surface area contributed by atoms with Crippen LogP contribution >= 0.6 is 0 Å². The highest BCUT2D eigenvalue weighted by atomic mass is 32.2. The number of nitrogens with one attached hydrogen (secondary N) is 2. The van der Waals surface area contributed by atoms with E-state index in [0.717, 1.165) is 17.0 Å². The Morgan fingerprint density at radius 1 is 1.14 bits per heavy atom. The Morgan fingerprint density at radius 2 is 1.77 bits per heavy atom. The molecule has 2 N–H and O–H groups in total. The van der Waals surface area contributed by atoms with Gasteiger partial charge in [-0.25, -0.2) is 13.1 Å². The number of rotatable bonds is 4. The number of sulfonamides is 1. The molecule has 22 heavy (non-hydrogen) atoms. The minimum Gasteiger partial charge on any atom is -0.358 e. The van der Waals surface area contributed by atoms with Crippen molar-refractivity contribution in [3.8, 4) is 17.3 Å². The van der Waals surface area contributed by atoms with Crippen molar-refractivity contribution in [1.82, 2.24) is 9.71 Å². The van der Waals surface area contributed by atoms with E-state index in [1.54, 1.807) is 45.0 Å². The van der Waals surface area contributed by atoms with E-state index < -0.39 is 15.6 Å². The number of aromatic nitrogens is 1. The van der Waals surface area contributed by atoms with Gasteiger partial charge in [0.2, 0.25) is 10.0 Å². The average molecular weight is 317 g/mol. The number of H-pyrrole nitrogens is 1. The number of hydrogen-bond acceptors (Lipinski definition) is 3. The van der Waals surface area contributed by atoms with E-state index in [4.69, 9.17) is 5.26 Å². The quantitative estimate of drug-likeness (QED) is 0.909. The van der Waals surface area contributed by atoms with E-state index in [1.165, 1.54) is 0 Å². The third kappa shape index (κ3) is 3.97. The van der Waals surface area contributed by atoms with Crippen LogP contribution in [0.1, 0.15) is 26.5 Å². The third-order valence-corrected chi connectivity index (χ3v) is 4.71. The number of hydrogen-bond donors (Lipinski definition) is 2. The first-order chi connectivity index (χ1) is 10.2. The zero-order chi connectivity index (χ0) is 16.4. The minimum absolute atomic E-state index is 0.231. The maximum atomic E-state index is 12.2. The molecule has 2 rings (SSSR count).